The fraction of sp³-hybridized carbons (Fsp3) is 0.647. The molecule has 1 aromatic heterocycles. The molecule has 5 nitrogen and oxygen atoms in total. The van der Waals surface area contributed by atoms with Crippen molar-refractivity contribution in [1.82, 2.24) is 9.88 Å². The molecule has 0 spiro atoms. The average Bonchev–Trinajstić information content (AvgIpc) is 3.15. The second kappa shape index (κ2) is 7.11. The highest BCUT2D eigenvalue weighted by molar-refractivity contribution is 7.15. The van der Waals surface area contributed by atoms with E-state index in [1.807, 2.05) is 11.8 Å². The first-order chi connectivity index (χ1) is 11.0. The maximum Gasteiger partial charge on any atom is 0.232 e. The predicted octanol–water partition coefficient (Wildman–Crippen LogP) is 2.39. The zero-order chi connectivity index (χ0) is 16.4. The second-order valence-corrected chi connectivity index (χ2v) is 7.66. The first kappa shape index (κ1) is 16.6. The zero-order valence-electron chi connectivity index (χ0n) is 14.1. The van der Waals surface area contributed by atoms with Gasteiger partial charge >= 0.3 is 0 Å². The van der Waals surface area contributed by atoms with Crippen LogP contribution in [0.4, 0.5) is 5.13 Å². The van der Waals surface area contributed by atoms with Crippen molar-refractivity contribution < 1.29 is 9.53 Å². The van der Waals surface area contributed by atoms with Crippen molar-refractivity contribution in [3.8, 4) is 0 Å². The van der Waals surface area contributed by atoms with Crippen LogP contribution >= 0.6 is 11.3 Å². The van der Waals surface area contributed by atoms with E-state index in [1.165, 1.54) is 4.88 Å². The van der Waals surface area contributed by atoms with Gasteiger partial charge < -0.3 is 9.64 Å². The van der Waals surface area contributed by atoms with Crippen LogP contribution in [0.3, 0.4) is 0 Å². The summed E-state index contributed by atoms with van der Waals surface area (Å²) in [5.41, 5.74) is 1.01. The Hall–Kier alpha value is -1.24. The molecule has 0 aromatic carbocycles. The predicted molar refractivity (Wildman–Crippen MR) is 93.0 cm³/mol. The van der Waals surface area contributed by atoms with Gasteiger partial charge in [0.2, 0.25) is 5.91 Å². The van der Waals surface area contributed by atoms with Gasteiger partial charge in [-0.25, -0.2) is 4.98 Å². The first-order valence-electron chi connectivity index (χ1n) is 8.25. The fourth-order valence-corrected chi connectivity index (χ4v) is 3.98. The lowest BCUT2D eigenvalue weighted by atomic mass is 10.1. The van der Waals surface area contributed by atoms with Crippen LogP contribution in [0.15, 0.2) is 12.2 Å². The maximum atomic E-state index is 13.0. The standard InChI is InChI=1S/C17H25N3O2S/c1-12-13(2)23-17(18-12)20(16(21)14-6-4-5-7-14)11-15-10-19(3)8-9-22-15/h4-5,14-15H,6-11H2,1-3H3. The number of carbonyl (C=O) groups is 1. The van der Waals surface area contributed by atoms with E-state index < -0.39 is 0 Å². The number of anilines is 1. The maximum absolute atomic E-state index is 13.0. The summed E-state index contributed by atoms with van der Waals surface area (Å²) in [6, 6.07) is 0. The molecule has 126 valence electrons. The quantitative estimate of drug-likeness (QED) is 0.793. The number of nitrogens with zero attached hydrogens (tertiary/aromatic N) is 3. The summed E-state index contributed by atoms with van der Waals surface area (Å²) in [7, 11) is 2.10. The van der Waals surface area contributed by atoms with E-state index in [2.05, 4.69) is 36.0 Å². The lowest BCUT2D eigenvalue weighted by Crippen LogP contribution is -2.48. The Morgan fingerprint density at radius 2 is 2.17 bits per heavy atom. The molecule has 1 saturated heterocycles. The number of allylic oxidation sites excluding steroid dienone is 2. The smallest absolute Gasteiger partial charge is 0.232 e. The summed E-state index contributed by atoms with van der Waals surface area (Å²) in [5, 5.41) is 0.814. The van der Waals surface area contributed by atoms with Crippen molar-refractivity contribution in [1.29, 1.82) is 0 Å². The van der Waals surface area contributed by atoms with Crippen molar-refractivity contribution in [2.24, 2.45) is 5.92 Å². The molecule has 1 fully saturated rings. The number of ether oxygens (including phenoxy) is 1. The number of thiazole rings is 1. The highest BCUT2D eigenvalue weighted by Crippen LogP contribution is 2.29. The molecule has 0 N–H and O–H groups in total. The van der Waals surface area contributed by atoms with Gasteiger partial charge in [0.1, 0.15) is 0 Å². The number of amides is 1. The van der Waals surface area contributed by atoms with Crippen LogP contribution < -0.4 is 4.90 Å². The number of aryl methyl sites for hydroxylation is 2. The Morgan fingerprint density at radius 3 is 2.78 bits per heavy atom. The molecule has 1 aromatic rings. The fourth-order valence-electron chi connectivity index (χ4n) is 3.05. The molecule has 2 heterocycles. The molecule has 1 amide bonds. The number of aromatic nitrogens is 1. The molecule has 6 heteroatoms. The zero-order valence-corrected chi connectivity index (χ0v) is 14.9. The number of likely N-dealkylation sites (N-methyl/N-ethyl adjacent to an activating group) is 1. The molecule has 1 aliphatic heterocycles. The van der Waals surface area contributed by atoms with Gasteiger partial charge in [-0.2, -0.15) is 0 Å². The van der Waals surface area contributed by atoms with Crippen LogP contribution in [-0.2, 0) is 9.53 Å². The van der Waals surface area contributed by atoms with Crippen molar-refractivity contribution >= 4 is 22.4 Å². The van der Waals surface area contributed by atoms with E-state index in [0.29, 0.717) is 6.54 Å². The van der Waals surface area contributed by atoms with Gasteiger partial charge in [-0.1, -0.05) is 12.2 Å². The summed E-state index contributed by atoms with van der Waals surface area (Å²) < 4.78 is 5.88. The van der Waals surface area contributed by atoms with E-state index in [0.717, 1.165) is 43.4 Å². The number of morpholine rings is 1. The molecule has 0 saturated carbocycles. The minimum atomic E-state index is 0.0524. The largest absolute Gasteiger partial charge is 0.374 e. The van der Waals surface area contributed by atoms with Crippen LogP contribution in [0, 0.1) is 19.8 Å². The molecule has 23 heavy (non-hydrogen) atoms. The van der Waals surface area contributed by atoms with Crippen LogP contribution in [-0.4, -0.2) is 55.2 Å². The second-order valence-electron chi connectivity index (χ2n) is 6.48. The number of hydrogen-bond acceptors (Lipinski definition) is 5. The van der Waals surface area contributed by atoms with Gasteiger partial charge in [-0.3, -0.25) is 9.69 Å². The van der Waals surface area contributed by atoms with E-state index in [9.17, 15) is 4.79 Å². The summed E-state index contributed by atoms with van der Waals surface area (Å²) in [6.45, 7) is 7.18. The molecule has 1 aliphatic carbocycles. The minimum Gasteiger partial charge on any atom is -0.374 e. The van der Waals surface area contributed by atoms with E-state index in [4.69, 9.17) is 4.74 Å². The van der Waals surface area contributed by atoms with E-state index in [1.54, 1.807) is 11.3 Å². The van der Waals surface area contributed by atoms with Gasteiger partial charge in [0.05, 0.1) is 24.9 Å². The Morgan fingerprint density at radius 1 is 1.43 bits per heavy atom. The van der Waals surface area contributed by atoms with Crippen LogP contribution in [0.5, 0.6) is 0 Å². The molecule has 1 atom stereocenters. The highest BCUT2D eigenvalue weighted by atomic mass is 32.1. The van der Waals surface area contributed by atoms with Gasteiger partial charge in [0.15, 0.2) is 5.13 Å². The van der Waals surface area contributed by atoms with Gasteiger partial charge in [0.25, 0.3) is 0 Å². The normalized spacial score (nSPS) is 22.7. The van der Waals surface area contributed by atoms with Crippen molar-refractivity contribution in [3.63, 3.8) is 0 Å². The van der Waals surface area contributed by atoms with E-state index in [-0.39, 0.29) is 17.9 Å². The van der Waals surface area contributed by atoms with Crippen molar-refractivity contribution in [2.75, 3.05) is 38.2 Å². The minimum absolute atomic E-state index is 0.0524. The molecule has 2 aliphatic rings. The van der Waals surface area contributed by atoms with Crippen molar-refractivity contribution in [2.45, 2.75) is 32.8 Å². The molecule has 3 rings (SSSR count). The molecule has 0 radical (unpaired) electrons. The first-order valence-corrected chi connectivity index (χ1v) is 9.07. The lowest BCUT2D eigenvalue weighted by Gasteiger charge is -2.33. The van der Waals surface area contributed by atoms with Gasteiger partial charge in [0, 0.05) is 23.9 Å². The molecule has 1 unspecified atom stereocenters. The average molecular weight is 335 g/mol. The number of carbonyl (C=O) groups excluding carboxylic acids is 1. The number of hydrogen-bond donors (Lipinski definition) is 0. The van der Waals surface area contributed by atoms with E-state index >= 15 is 0 Å². The Labute approximate surface area is 141 Å². The third kappa shape index (κ3) is 3.82. The van der Waals surface area contributed by atoms with Crippen LogP contribution in [0.1, 0.15) is 23.4 Å². The Bertz CT molecular complexity index is 571. The summed E-state index contributed by atoms with van der Waals surface area (Å²) >= 11 is 1.60. The van der Waals surface area contributed by atoms with Gasteiger partial charge in [-0.15, -0.1) is 11.3 Å². The highest BCUT2D eigenvalue weighted by Gasteiger charge is 2.31. The monoisotopic (exact) mass is 335 g/mol. The van der Waals surface area contributed by atoms with Gasteiger partial charge in [-0.05, 0) is 33.7 Å². The summed E-state index contributed by atoms with van der Waals surface area (Å²) in [6.07, 6.45) is 5.93. The third-order valence-corrected chi connectivity index (χ3v) is 5.70. The Balaban J connectivity index is 1.79. The molecular formula is C17H25N3O2S. The summed E-state index contributed by atoms with van der Waals surface area (Å²) in [5.74, 6) is 0.237. The SMILES string of the molecule is Cc1nc(N(CC2CN(C)CCO2)C(=O)C2CC=CC2)sc1C. The number of rotatable bonds is 4. The third-order valence-electron chi connectivity index (χ3n) is 4.60. The van der Waals surface area contributed by atoms with Crippen LogP contribution in [0.2, 0.25) is 0 Å². The summed E-state index contributed by atoms with van der Waals surface area (Å²) in [4.78, 5) is 22.9. The van der Waals surface area contributed by atoms with Crippen molar-refractivity contribution in [3.05, 3.63) is 22.7 Å². The Kier molecular flexibility index (Phi) is 5.14. The lowest BCUT2D eigenvalue weighted by molar-refractivity contribution is -0.122. The van der Waals surface area contributed by atoms with Crippen LogP contribution in [0.25, 0.3) is 0 Å². The topological polar surface area (TPSA) is 45.7 Å². The molecule has 0 bridgehead atoms. The molecular weight excluding hydrogens is 310 g/mol.